The van der Waals surface area contributed by atoms with Crippen molar-refractivity contribution in [3.05, 3.63) is 114 Å². The van der Waals surface area contributed by atoms with Crippen LogP contribution in [-0.4, -0.2) is 21.5 Å². The van der Waals surface area contributed by atoms with Gasteiger partial charge in [0.2, 0.25) is 0 Å². The van der Waals surface area contributed by atoms with Crippen molar-refractivity contribution >= 4 is 17.4 Å². The van der Waals surface area contributed by atoms with Gasteiger partial charge in [0.1, 0.15) is 0 Å². The second kappa shape index (κ2) is 7.72. The molecule has 0 radical (unpaired) electrons. The van der Waals surface area contributed by atoms with Crippen LogP contribution in [0, 0.1) is 0 Å². The van der Waals surface area contributed by atoms with Crippen LogP contribution >= 0.6 is 0 Å². The van der Waals surface area contributed by atoms with E-state index in [1.807, 2.05) is 48.5 Å². The number of benzene rings is 3. The highest BCUT2D eigenvalue weighted by Crippen LogP contribution is 2.20. The Balaban J connectivity index is 1.58. The average molecular weight is 367 g/mol. The fraction of sp³-hybridized carbons (Fsp3) is 0. The molecular formula is C23H17N3O2. The molecule has 0 unspecified atom stereocenters. The van der Waals surface area contributed by atoms with Crippen LogP contribution in [0.1, 0.15) is 26.3 Å². The number of amides is 1. The van der Waals surface area contributed by atoms with E-state index in [0.29, 0.717) is 22.4 Å². The molecule has 0 saturated heterocycles. The Bertz CT molecular complexity index is 1120. The van der Waals surface area contributed by atoms with E-state index in [-0.39, 0.29) is 11.7 Å². The normalized spacial score (nSPS) is 10.4. The van der Waals surface area contributed by atoms with Crippen molar-refractivity contribution in [2.24, 2.45) is 0 Å². The van der Waals surface area contributed by atoms with Gasteiger partial charge in [0.05, 0.1) is 23.1 Å². The van der Waals surface area contributed by atoms with Crippen LogP contribution < -0.4 is 5.32 Å². The minimum atomic E-state index is -0.324. The van der Waals surface area contributed by atoms with E-state index in [1.54, 1.807) is 47.3 Å². The van der Waals surface area contributed by atoms with Gasteiger partial charge in [-0.05, 0) is 24.3 Å². The maximum Gasteiger partial charge on any atom is 0.258 e. The van der Waals surface area contributed by atoms with Gasteiger partial charge >= 0.3 is 0 Å². The lowest BCUT2D eigenvalue weighted by molar-refractivity contribution is 0.102. The fourth-order valence-corrected chi connectivity index (χ4v) is 2.89. The third-order valence-electron chi connectivity index (χ3n) is 4.32. The summed E-state index contributed by atoms with van der Waals surface area (Å²) in [6.45, 7) is 0. The first-order valence-electron chi connectivity index (χ1n) is 8.82. The fourth-order valence-electron chi connectivity index (χ4n) is 2.89. The monoisotopic (exact) mass is 367 g/mol. The SMILES string of the molecule is O=C(Nc1ccccc1C(=O)c1ccccc1)c1cnn(-c2ccccc2)c1. The number of hydrogen-bond acceptors (Lipinski definition) is 3. The highest BCUT2D eigenvalue weighted by Gasteiger charge is 2.16. The van der Waals surface area contributed by atoms with Crippen molar-refractivity contribution in [2.75, 3.05) is 5.32 Å². The highest BCUT2D eigenvalue weighted by atomic mass is 16.2. The summed E-state index contributed by atoms with van der Waals surface area (Å²) in [6.07, 6.45) is 3.16. The molecule has 1 N–H and O–H groups in total. The first-order valence-corrected chi connectivity index (χ1v) is 8.82. The molecule has 0 aliphatic rings. The maximum absolute atomic E-state index is 12.8. The molecule has 4 aromatic rings. The first-order chi connectivity index (χ1) is 13.7. The van der Waals surface area contributed by atoms with E-state index in [2.05, 4.69) is 10.4 Å². The summed E-state index contributed by atoms with van der Waals surface area (Å²) in [5.41, 5.74) is 2.75. The van der Waals surface area contributed by atoms with Crippen LogP contribution in [-0.2, 0) is 0 Å². The highest BCUT2D eigenvalue weighted by molar-refractivity contribution is 6.15. The Morgan fingerprint density at radius 3 is 2.14 bits per heavy atom. The molecule has 0 fully saturated rings. The van der Waals surface area contributed by atoms with Crippen molar-refractivity contribution in [3.63, 3.8) is 0 Å². The molecular weight excluding hydrogens is 350 g/mol. The smallest absolute Gasteiger partial charge is 0.258 e. The Morgan fingerprint density at radius 1 is 0.750 bits per heavy atom. The molecule has 3 aromatic carbocycles. The largest absolute Gasteiger partial charge is 0.321 e. The van der Waals surface area contributed by atoms with E-state index in [4.69, 9.17) is 0 Å². The van der Waals surface area contributed by atoms with Gasteiger partial charge in [-0.2, -0.15) is 5.10 Å². The standard InChI is InChI=1S/C23H17N3O2/c27-22(17-9-3-1-4-10-17)20-13-7-8-14-21(20)25-23(28)18-15-24-26(16-18)19-11-5-2-6-12-19/h1-16H,(H,25,28). The van der Waals surface area contributed by atoms with Crippen LogP contribution in [0.25, 0.3) is 5.69 Å². The van der Waals surface area contributed by atoms with Gasteiger partial charge in [-0.1, -0.05) is 60.7 Å². The summed E-state index contributed by atoms with van der Waals surface area (Å²) < 4.78 is 1.63. The zero-order valence-electron chi connectivity index (χ0n) is 14.9. The lowest BCUT2D eigenvalue weighted by Crippen LogP contribution is -2.14. The van der Waals surface area contributed by atoms with Crippen molar-refractivity contribution in [3.8, 4) is 5.69 Å². The van der Waals surface area contributed by atoms with Gasteiger partial charge in [0, 0.05) is 17.3 Å². The molecule has 0 atom stereocenters. The van der Waals surface area contributed by atoms with Gasteiger partial charge in [-0.15, -0.1) is 0 Å². The van der Waals surface area contributed by atoms with Gasteiger partial charge in [0.25, 0.3) is 5.91 Å². The summed E-state index contributed by atoms with van der Waals surface area (Å²) in [5, 5.41) is 7.07. The van der Waals surface area contributed by atoms with Gasteiger partial charge in [-0.25, -0.2) is 4.68 Å². The molecule has 0 saturated carbocycles. The molecule has 1 amide bonds. The number of ketones is 1. The topological polar surface area (TPSA) is 64.0 Å². The first kappa shape index (κ1) is 17.4. The molecule has 0 spiro atoms. The third kappa shape index (κ3) is 3.59. The van der Waals surface area contributed by atoms with E-state index >= 15 is 0 Å². The lowest BCUT2D eigenvalue weighted by Gasteiger charge is -2.09. The van der Waals surface area contributed by atoms with Crippen LogP contribution in [0.5, 0.6) is 0 Å². The maximum atomic E-state index is 12.8. The summed E-state index contributed by atoms with van der Waals surface area (Å²) in [6, 6.07) is 25.5. The van der Waals surface area contributed by atoms with Crippen molar-refractivity contribution in [1.29, 1.82) is 0 Å². The number of para-hydroxylation sites is 2. The van der Waals surface area contributed by atoms with E-state index in [9.17, 15) is 9.59 Å². The Hall–Kier alpha value is -3.99. The number of hydrogen-bond donors (Lipinski definition) is 1. The number of carbonyl (C=O) groups excluding carboxylic acids is 2. The molecule has 5 heteroatoms. The lowest BCUT2D eigenvalue weighted by atomic mass is 10.0. The van der Waals surface area contributed by atoms with Gasteiger partial charge in [-0.3, -0.25) is 9.59 Å². The molecule has 0 aliphatic heterocycles. The van der Waals surface area contributed by atoms with Gasteiger partial charge < -0.3 is 5.32 Å². The van der Waals surface area contributed by atoms with Crippen molar-refractivity contribution in [2.45, 2.75) is 0 Å². The molecule has 28 heavy (non-hydrogen) atoms. The van der Waals surface area contributed by atoms with Crippen molar-refractivity contribution in [1.82, 2.24) is 9.78 Å². The zero-order valence-corrected chi connectivity index (χ0v) is 14.9. The summed E-state index contributed by atoms with van der Waals surface area (Å²) >= 11 is 0. The minimum absolute atomic E-state index is 0.142. The second-order valence-corrected chi connectivity index (χ2v) is 6.20. The molecule has 5 nitrogen and oxygen atoms in total. The van der Waals surface area contributed by atoms with E-state index in [1.165, 1.54) is 6.20 Å². The Labute approximate surface area is 162 Å². The predicted octanol–water partition coefficient (Wildman–Crippen LogP) is 4.36. The van der Waals surface area contributed by atoms with Gasteiger partial charge in [0.15, 0.2) is 5.78 Å². The molecule has 0 bridgehead atoms. The number of nitrogens with zero attached hydrogens (tertiary/aromatic N) is 2. The second-order valence-electron chi connectivity index (χ2n) is 6.20. The predicted molar refractivity (Wildman–Crippen MR) is 108 cm³/mol. The Kier molecular flexibility index (Phi) is 4.80. The number of rotatable bonds is 5. The quantitative estimate of drug-likeness (QED) is 0.533. The summed E-state index contributed by atoms with van der Waals surface area (Å²) in [4.78, 5) is 25.5. The Morgan fingerprint density at radius 2 is 1.39 bits per heavy atom. The zero-order chi connectivity index (χ0) is 19.3. The van der Waals surface area contributed by atoms with Crippen LogP contribution in [0.2, 0.25) is 0 Å². The molecule has 0 aliphatic carbocycles. The molecule has 4 rings (SSSR count). The van der Waals surface area contributed by atoms with E-state index in [0.717, 1.165) is 5.69 Å². The average Bonchev–Trinajstić information content (AvgIpc) is 3.25. The van der Waals surface area contributed by atoms with Crippen molar-refractivity contribution < 1.29 is 9.59 Å². The number of carbonyl (C=O) groups is 2. The number of nitrogens with one attached hydrogen (secondary N) is 1. The minimum Gasteiger partial charge on any atom is -0.321 e. The number of aromatic nitrogens is 2. The van der Waals surface area contributed by atoms with Crippen LogP contribution in [0.15, 0.2) is 97.3 Å². The number of anilines is 1. The third-order valence-corrected chi connectivity index (χ3v) is 4.32. The molecule has 136 valence electrons. The van der Waals surface area contributed by atoms with E-state index < -0.39 is 0 Å². The van der Waals surface area contributed by atoms with Crippen LogP contribution in [0.4, 0.5) is 5.69 Å². The summed E-state index contributed by atoms with van der Waals surface area (Å²) in [7, 11) is 0. The van der Waals surface area contributed by atoms with Crippen LogP contribution in [0.3, 0.4) is 0 Å². The summed E-state index contributed by atoms with van der Waals surface area (Å²) in [5.74, 6) is -0.466. The molecule has 1 heterocycles. The molecule has 1 aromatic heterocycles.